The molecule has 3 heteroatoms. The topological polar surface area (TPSA) is 40.5 Å². The third kappa shape index (κ3) is 3.21. The first kappa shape index (κ1) is 13.5. The molecule has 1 saturated carbocycles. The Morgan fingerprint density at radius 3 is 2.44 bits per heavy atom. The van der Waals surface area contributed by atoms with E-state index in [4.69, 9.17) is 5.11 Å². The van der Waals surface area contributed by atoms with Crippen molar-refractivity contribution in [1.29, 1.82) is 0 Å². The van der Waals surface area contributed by atoms with E-state index in [-0.39, 0.29) is 5.92 Å². The van der Waals surface area contributed by atoms with Gasteiger partial charge in [-0.25, -0.2) is 0 Å². The van der Waals surface area contributed by atoms with E-state index < -0.39 is 5.97 Å². The van der Waals surface area contributed by atoms with Crippen LogP contribution >= 0.6 is 0 Å². The highest BCUT2D eigenvalue weighted by Crippen LogP contribution is 2.42. The van der Waals surface area contributed by atoms with Gasteiger partial charge in [0.25, 0.3) is 0 Å². The zero-order valence-electron chi connectivity index (χ0n) is 11.2. The minimum absolute atomic E-state index is 0.277. The van der Waals surface area contributed by atoms with Crippen LogP contribution in [0.25, 0.3) is 0 Å². The van der Waals surface area contributed by atoms with Gasteiger partial charge in [0.1, 0.15) is 0 Å². The van der Waals surface area contributed by atoms with E-state index in [1.165, 1.54) is 12.8 Å². The van der Waals surface area contributed by atoms with Crippen molar-refractivity contribution in [2.45, 2.75) is 46.6 Å². The molecule has 1 fully saturated rings. The number of rotatable bonds is 4. The molecule has 1 aliphatic carbocycles. The SMILES string of the molecule is CC(CN(C)C1CC(C)(C)CC1C)C(=O)O. The third-order valence-corrected chi connectivity index (χ3v) is 3.84. The molecule has 1 aliphatic rings. The fraction of sp³-hybridized carbons (Fsp3) is 0.923. The molecule has 0 aromatic rings. The van der Waals surface area contributed by atoms with Crippen LogP contribution in [0.2, 0.25) is 0 Å². The Hall–Kier alpha value is -0.570. The lowest BCUT2D eigenvalue weighted by molar-refractivity contribution is -0.141. The van der Waals surface area contributed by atoms with E-state index in [2.05, 4.69) is 32.7 Å². The number of nitrogens with zero attached hydrogens (tertiary/aromatic N) is 1. The van der Waals surface area contributed by atoms with E-state index in [0.717, 1.165) is 0 Å². The average molecular weight is 227 g/mol. The fourth-order valence-electron chi connectivity index (χ4n) is 3.09. The van der Waals surface area contributed by atoms with Crippen molar-refractivity contribution < 1.29 is 9.90 Å². The molecule has 0 aliphatic heterocycles. The zero-order valence-corrected chi connectivity index (χ0v) is 11.2. The first-order chi connectivity index (χ1) is 7.23. The minimum Gasteiger partial charge on any atom is -0.481 e. The predicted octanol–water partition coefficient (Wildman–Crippen LogP) is 2.46. The molecule has 94 valence electrons. The maximum absolute atomic E-state index is 10.8. The molecule has 0 amide bonds. The Bertz CT molecular complexity index is 263. The maximum Gasteiger partial charge on any atom is 0.307 e. The molecule has 0 radical (unpaired) electrons. The van der Waals surface area contributed by atoms with Crippen LogP contribution in [0.15, 0.2) is 0 Å². The van der Waals surface area contributed by atoms with Gasteiger partial charge in [0.2, 0.25) is 0 Å². The van der Waals surface area contributed by atoms with Crippen LogP contribution in [0.1, 0.15) is 40.5 Å². The molecule has 16 heavy (non-hydrogen) atoms. The lowest BCUT2D eigenvalue weighted by Crippen LogP contribution is -2.38. The number of hydrogen-bond donors (Lipinski definition) is 1. The molecule has 0 spiro atoms. The minimum atomic E-state index is -0.697. The molecule has 0 bridgehead atoms. The number of aliphatic carboxylic acids is 1. The van der Waals surface area contributed by atoms with Crippen LogP contribution in [0, 0.1) is 17.3 Å². The summed E-state index contributed by atoms with van der Waals surface area (Å²) < 4.78 is 0. The summed E-state index contributed by atoms with van der Waals surface area (Å²) in [7, 11) is 2.06. The van der Waals surface area contributed by atoms with Gasteiger partial charge in [0.15, 0.2) is 0 Å². The molecule has 1 rings (SSSR count). The molecular weight excluding hydrogens is 202 g/mol. The normalized spacial score (nSPS) is 30.6. The summed E-state index contributed by atoms with van der Waals surface area (Å²) in [5.74, 6) is -0.307. The summed E-state index contributed by atoms with van der Waals surface area (Å²) in [6.45, 7) is 9.32. The highest BCUT2D eigenvalue weighted by molar-refractivity contribution is 5.69. The highest BCUT2D eigenvalue weighted by atomic mass is 16.4. The number of carboxylic acid groups (broad SMARTS) is 1. The smallest absolute Gasteiger partial charge is 0.307 e. The molecule has 0 aromatic heterocycles. The Labute approximate surface area is 98.8 Å². The third-order valence-electron chi connectivity index (χ3n) is 3.84. The van der Waals surface area contributed by atoms with Gasteiger partial charge in [-0.3, -0.25) is 4.79 Å². The van der Waals surface area contributed by atoms with Gasteiger partial charge in [-0.05, 0) is 31.2 Å². The second kappa shape index (κ2) is 4.74. The standard InChI is InChI=1S/C13H25NO2/c1-9-6-13(3,4)7-11(9)14(5)8-10(2)12(15)16/h9-11H,6-8H2,1-5H3,(H,15,16). The summed E-state index contributed by atoms with van der Waals surface area (Å²) in [5.41, 5.74) is 0.408. The lowest BCUT2D eigenvalue weighted by atomic mass is 9.91. The van der Waals surface area contributed by atoms with Gasteiger partial charge >= 0.3 is 5.97 Å². The Kier molecular flexibility index (Phi) is 4.00. The van der Waals surface area contributed by atoms with Crippen molar-refractivity contribution in [2.75, 3.05) is 13.6 Å². The van der Waals surface area contributed by atoms with Gasteiger partial charge in [-0.1, -0.05) is 27.7 Å². The molecule has 3 unspecified atom stereocenters. The van der Waals surface area contributed by atoms with Crippen LogP contribution in [-0.4, -0.2) is 35.6 Å². The summed E-state index contributed by atoms with van der Waals surface area (Å²) in [4.78, 5) is 13.1. The van der Waals surface area contributed by atoms with Crippen LogP contribution < -0.4 is 0 Å². The van der Waals surface area contributed by atoms with Crippen molar-refractivity contribution in [3.8, 4) is 0 Å². The number of hydrogen-bond acceptors (Lipinski definition) is 2. The van der Waals surface area contributed by atoms with Gasteiger partial charge in [-0.2, -0.15) is 0 Å². The van der Waals surface area contributed by atoms with Gasteiger partial charge in [0.05, 0.1) is 5.92 Å². The molecule has 1 N–H and O–H groups in total. The van der Waals surface area contributed by atoms with Crippen LogP contribution in [0.4, 0.5) is 0 Å². The van der Waals surface area contributed by atoms with E-state index in [1.807, 2.05) is 0 Å². The molecular formula is C13H25NO2. The fourth-order valence-corrected chi connectivity index (χ4v) is 3.09. The van der Waals surface area contributed by atoms with Crippen molar-refractivity contribution >= 4 is 5.97 Å². The molecule has 0 saturated heterocycles. The van der Waals surface area contributed by atoms with Gasteiger partial charge in [-0.15, -0.1) is 0 Å². The van der Waals surface area contributed by atoms with Crippen LogP contribution in [0.3, 0.4) is 0 Å². The quantitative estimate of drug-likeness (QED) is 0.802. The van der Waals surface area contributed by atoms with Crippen molar-refractivity contribution in [3.63, 3.8) is 0 Å². The zero-order chi connectivity index (χ0) is 12.5. The monoisotopic (exact) mass is 227 g/mol. The first-order valence-electron chi connectivity index (χ1n) is 6.16. The molecule has 3 nitrogen and oxygen atoms in total. The molecule has 0 heterocycles. The van der Waals surface area contributed by atoms with Crippen LogP contribution in [-0.2, 0) is 4.79 Å². The maximum atomic E-state index is 10.8. The largest absolute Gasteiger partial charge is 0.481 e. The van der Waals surface area contributed by atoms with E-state index >= 15 is 0 Å². The lowest BCUT2D eigenvalue weighted by Gasteiger charge is -2.29. The van der Waals surface area contributed by atoms with Crippen LogP contribution in [0.5, 0.6) is 0 Å². The second-order valence-corrected chi connectivity index (χ2v) is 6.30. The molecule has 3 atom stereocenters. The summed E-state index contributed by atoms with van der Waals surface area (Å²) in [6, 6.07) is 0.539. The number of carbonyl (C=O) groups is 1. The van der Waals surface area contributed by atoms with Crippen molar-refractivity contribution in [1.82, 2.24) is 4.90 Å². The Morgan fingerprint density at radius 1 is 1.50 bits per heavy atom. The first-order valence-corrected chi connectivity index (χ1v) is 6.16. The number of carboxylic acids is 1. The average Bonchev–Trinajstić information content (AvgIpc) is 2.39. The van der Waals surface area contributed by atoms with E-state index in [0.29, 0.717) is 23.9 Å². The highest BCUT2D eigenvalue weighted by Gasteiger charge is 2.38. The van der Waals surface area contributed by atoms with Crippen molar-refractivity contribution in [2.24, 2.45) is 17.3 Å². The Balaban J connectivity index is 2.55. The summed E-state index contributed by atoms with van der Waals surface area (Å²) in [6.07, 6.45) is 2.42. The predicted molar refractivity (Wildman–Crippen MR) is 65.4 cm³/mol. The van der Waals surface area contributed by atoms with E-state index in [1.54, 1.807) is 6.92 Å². The summed E-state index contributed by atoms with van der Waals surface area (Å²) in [5, 5.41) is 8.92. The molecule has 0 aromatic carbocycles. The second-order valence-electron chi connectivity index (χ2n) is 6.30. The van der Waals surface area contributed by atoms with Gasteiger partial charge in [0, 0.05) is 12.6 Å². The van der Waals surface area contributed by atoms with Crippen molar-refractivity contribution in [3.05, 3.63) is 0 Å². The summed E-state index contributed by atoms with van der Waals surface area (Å²) >= 11 is 0. The Morgan fingerprint density at radius 2 is 2.06 bits per heavy atom. The van der Waals surface area contributed by atoms with E-state index in [9.17, 15) is 4.79 Å². The van der Waals surface area contributed by atoms with Gasteiger partial charge < -0.3 is 10.0 Å².